The van der Waals surface area contributed by atoms with Crippen molar-refractivity contribution in [1.82, 2.24) is 0 Å². The average molecular weight is 204 g/mol. The third-order valence-corrected chi connectivity index (χ3v) is 3.00. The zero-order valence-electron chi connectivity index (χ0n) is 9.30. The molecule has 15 heavy (non-hydrogen) atoms. The van der Waals surface area contributed by atoms with Gasteiger partial charge in [0.1, 0.15) is 11.5 Å². The van der Waals surface area contributed by atoms with Gasteiger partial charge in [0.05, 0.1) is 7.11 Å². The molecular weight excluding hydrogens is 188 g/mol. The third-order valence-electron chi connectivity index (χ3n) is 3.00. The Hall–Kier alpha value is -1.31. The molecule has 1 aromatic rings. The Kier molecular flexibility index (Phi) is 2.76. The van der Waals surface area contributed by atoms with Gasteiger partial charge in [0.15, 0.2) is 0 Å². The van der Waals surface area contributed by atoms with Crippen LogP contribution in [0.15, 0.2) is 12.1 Å². The van der Waals surface area contributed by atoms with Crippen LogP contribution < -0.4 is 4.74 Å². The van der Waals surface area contributed by atoms with Gasteiger partial charge in [0.25, 0.3) is 0 Å². The minimum atomic E-state index is 0.231. The van der Waals surface area contributed by atoms with E-state index in [4.69, 9.17) is 4.74 Å². The number of methoxy groups -OCH3 is 1. The molecule has 0 amide bonds. The van der Waals surface area contributed by atoms with E-state index in [1.807, 2.05) is 12.1 Å². The minimum absolute atomic E-state index is 0.231. The van der Waals surface area contributed by atoms with E-state index in [0.29, 0.717) is 6.42 Å². The fourth-order valence-electron chi connectivity index (χ4n) is 2.37. The first-order chi connectivity index (χ1) is 7.22. The second-order valence-electron chi connectivity index (χ2n) is 4.12. The van der Waals surface area contributed by atoms with Crippen LogP contribution in [0, 0.1) is 0 Å². The Bertz CT molecular complexity index is 394. The normalized spacial score (nSPS) is 13.7. The van der Waals surface area contributed by atoms with Crippen LogP contribution >= 0.6 is 0 Å². The predicted molar refractivity (Wildman–Crippen MR) is 59.4 cm³/mol. The number of ether oxygens (including phenoxy) is 1. The highest BCUT2D eigenvalue weighted by atomic mass is 16.5. The quantitative estimate of drug-likeness (QED) is 0.755. The molecule has 0 bridgehead atoms. The Morgan fingerprint density at radius 1 is 1.33 bits per heavy atom. The molecule has 80 valence electrons. The lowest BCUT2D eigenvalue weighted by molar-refractivity contribution is -0.116. The van der Waals surface area contributed by atoms with Crippen molar-refractivity contribution in [2.75, 3.05) is 7.11 Å². The summed E-state index contributed by atoms with van der Waals surface area (Å²) in [5, 5.41) is 0. The van der Waals surface area contributed by atoms with E-state index in [9.17, 15) is 4.79 Å². The van der Waals surface area contributed by atoms with Crippen molar-refractivity contribution in [2.45, 2.75) is 32.6 Å². The van der Waals surface area contributed by atoms with Crippen molar-refractivity contribution in [3.63, 3.8) is 0 Å². The summed E-state index contributed by atoms with van der Waals surface area (Å²) in [5.41, 5.74) is 3.86. The van der Waals surface area contributed by atoms with E-state index in [2.05, 4.69) is 0 Å². The number of carbonyl (C=O) groups is 1. The zero-order valence-corrected chi connectivity index (χ0v) is 9.30. The molecule has 0 saturated carbocycles. The zero-order chi connectivity index (χ0) is 10.8. The van der Waals surface area contributed by atoms with Crippen molar-refractivity contribution in [1.29, 1.82) is 0 Å². The van der Waals surface area contributed by atoms with Crippen molar-refractivity contribution < 1.29 is 9.53 Å². The van der Waals surface area contributed by atoms with Gasteiger partial charge in [0, 0.05) is 6.42 Å². The SMILES string of the molecule is COc1ccc(CC(C)=O)c2c1CCC2. The molecule has 0 fully saturated rings. The molecule has 2 nitrogen and oxygen atoms in total. The van der Waals surface area contributed by atoms with E-state index >= 15 is 0 Å². The summed E-state index contributed by atoms with van der Waals surface area (Å²) < 4.78 is 5.33. The van der Waals surface area contributed by atoms with E-state index in [0.717, 1.165) is 18.6 Å². The summed E-state index contributed by atoms with van der Waals surface area (Å²) in [7, 11) is 1.71. The molecule has 0 saturated heterocycles. The Balaban J connectivity index is 2.42. The summed E-state index contributed by atoms with van der Waals surface area (Å²) >= 11 is 0. The standard InChI is InChI=1S/C13H16O2/c1-9(14)8-10-6-7-13(15-2)12-5-3-4-11(10)12/h6-7H,3-5,8H2,1-2H3. The number of hydrogen-bond donors (Lipinski definition) is 0. The molecule has 0 unspecified atom stereocenters. The van der Waals surface area contributed by atoms with Gasteiger partial charge in [-0.25, -0.2) is 0 Å². The maximum atomic E-state index is 11.1. The van der Waals surface area contributed by atoms with E-state index in [1.54, 1.807) is 14.0 Å². The number of benzene rings is 1. The fourth-order valence-corrected chi connectivity index (χ4v) is 2.37. The molecule has 0 heterocycles. The summed E-state index contributed by atoms with van der Waals surface area (Å²) in [6.45, 7) is 1.64. The Labute approximate surface area is 90.3 Å². The highest BCUT2D eigenvalue weighted by Crippen LogP contribution is 2.33. The van der Waals surface area contributed by atoms with Gasteiger partial charge in [-0.05, 0) is 48.9 Å². The Morgan fingerprint density at radius 3 is 2.73 bits per heavy atom. The summed E-state index contributed by atoms with van der Waals surface area (Å²) in [5.74, 6) is 1.21. The molecular formula is C13H16O2. The lowest BCUT2D eigenvalue weighted by atomic mass is 9.99. The van der Waals surface area contributed by atoms with E-state index < -0.39 is 0 Å². The summed E-state index contributed by atoms with van der Waals surface area (Å²) in [6.07, 6.45) is 3.92. The average Bonchev–Trinajstić information content (AvgIpc) is 2.66. The lowest BCUT2D eigenvalue weighted by Crippen LogP contribution is -2.02. The number of Topliss-reactive ketones (excluding diaryl/α,β-unsaturated/α-hetero) is 1. The monoisotopic (exact) mass is 204 g/mol. The van der Waals surface area contributed by atoms with Crippen LogP contribution in [-0.4, -0.2) is 12.9 Å². The molecule has 2 rings (SSSR count). The van der Waals surface area contributed by atoms with Gasteiger partial charge in [-0.3, -0.25) is 4.79 Å². The maximum absolute atomic E-state index is 11.1. The van der Waals surface area contributed by atoms with Gasteiger partial charge in [-0.2, -0.15) is 0 Å². The van der Waals surface area contributed by atoms with Crippen molar-refractivity contribution in [3.8, 4) is 5.75 Å². The first kappa shape index (κ1) is 10.2. The molecule has 1 aliphatic carbocycles. The van der Waals surface area contributed by atoms with Crippen molar-refractivity contribution in [3.05, 3.63) is 28.8 Å². The molecule has 0 radical (unpaired) electrons. The largest absolute Gasteiger partial charge is 0.496 e. The van der Waals surface area contributed by atoms with Crippen LogP contribution in [0.2, 0.25) is 0 Å². The topological polar surface area (TPSA) is 26.3 Å². The minimum Gasteiger partial charge on any atom is -0.496 e. The third kappa shape index (κ3) is 1.89. The number of hydrogen-bond acceptors (Lipinski definition) is 2. The summed E-state index contributed by atoms with van der Waals surface area (Å²) in [4.78, 5) is 11.1. The second-order valence-corrected chi connectivity index (χ2v) is 4.12. The smallest absolute Gasteiger partial charge is 0.134 e. The molecule has 1 aliphatic rings. The number of carbonyl (C=O) groups excluding carboxylic acids is 1. The predicted octanol–water partition coefficient (Wildman–Crippen LogP) is 2.32. The van der Waals surface area contributed by atoms with Crippen LogP contribution in [0.1, 0.15) is 30.0 Å². The highest BCUT2D eigenvalue weighted by molar-refractivity contribution is 5.79. The lowest BCUT2D eigenvalue weighted by Gasteiger charge is -2.11. The van der Waals surface area contributed by atoms with Gasteiger partial charge in [-0.15, -0.1) is 0 Å². The maximum Gasteiger partial charge on any atom is 0.134 e. The molecule has 0 spiro atoms. The van der Waals surface area contributed by atoms with Gasteiger partial charge in [0.2, 0.25) is 0 Å². The van der Waals surface area contributed by atoms with Crippen molar-refractivity contribution in [2.24, 2.45) is 0 Å². The molecule has 1 aromatic carbocycles. The van der Waals surface area contributed by atoms with Crippen LogP contribution in [0.5, 0.6) is 5.75 Å². The highest BCUT2D eigenvalue weighted by Gasteiger charge is 2.19. The molecule has 0 atom stereocenters. The number of rotatable bonds is 3. The van der Waals surface area contributed by atoms with Gasteiger partial charge in [-0.1, -0.05) is 6.07 Å². The van der Waals surface area contributed by atoms with Crippen molar-refractivity contribution >= 4 is 5.78 Å². The van der Waals surface area contributed by atoms with E-state index in [1.165, 1.54) is 23.1 Å². The molecule has 0 aromatic heterocycles. The molecule has 0 aliphatic heterocycles. The Morgan fingerprint density at radius 2 is 2.07 bits per heavy atom. The van der Waals surface area contributed by atoms with Crippen LogP contribution in [-0.2, 0) is 24.1 Å². The number of fused-ring (bicyclic) bond motifs is 1. The van der Waals surface area contributed by atoms with Crippen LogP contribution in [0.4, 0.5) is 0 Å². The second kappa shape index (κ2) is 4.05. The fraction of sp³-hybridized carbons (Fsp3) is 0.462. The van der Waals surface area contributed by atoms with Crippen LogP contribution in [0.3, 0.4) is 0 Å². The number of ketones is 1. The van der Waals surface area contributed by atoms with E-state index in [-0.39, 0.29) is 5.78 Å². The summed E-state index contributed by atoms with van der Waals surface area (Å²) in [6, 6.07) is 4.02. The first-order valence-corrected chi connectivity index (χ1v) is 5.39. The van der Waals surface area contributed by atoms with Gasteiger partial charge < -0.3 is 4.74 Å². The van der Waals surface area contributed by atoms with Crippen LogP contribution in [0.25, 0.3) is 0 Å². The van der Waals surface area contributed by atoms with Gasteiger partial charge >= 0.3 is 0 Å². The molecule has 0 N–H and O–H groups in total. The first-order valence-electron chi connectivity index (χ1n) is 5.39. The molecule has 2 heteroatoms.